The molecule has 122 valence electrons. The van der Waals surface area contributed by atoms with E-state index in [1.54, 1.807) is 0 Å². The number of ketones is 1. The zero-order valence-corrected chi connectivity index (χ0v) is 14.4. The maximum atomic E-state index is 12.6. The minimum absolute atomic E-state index is 0.00000949. The molecule has 0 saturated heterocycles. The first-order chi connectivity index (χ1) is 10.7. The van der Waals surface area contributed by atoms with Crippen LogP contribution >= 0.6 is 0 Å². The number of hydrogen-bond donors (Lipinski definition) is 0. The van der Waals surface area contributed by atoms with Crippen molar-refractivity contribution in [1.29, 1.82) is 0 Å². The smallest absolute Gasteiger partial charge is 0.193 e. The fraction of sp³-hybridized carbons (Fsp3) is 0.350. The van der Waals surface area contributed by atoms with Crippen molar-refractivity contribution in [3.63, 3.8) is 0 Å². The fourth-order valence-corrected chi connectivity index (χ4v) is 2.07. The number of benzene rings is 2. The molecule has 0 bridgehead atoms. The lowest BCUT2D eigenvalue weighted by molar-refractivity contribution is -0.401. The molecule has 2 rings (SSSR count). The molecule has 0 fully saturated rings. The maximum Gasteiger partial charge on any atom is 0.193 e. The summed E-state index contributed by atoms with van der Waals surface area (Å²) in [6.07, 6.45) is 0. The topological polar surface area (TPSA) is 35.5 Å². The van der Waals surface area contributed by atoms with Gasteiger partial charge in [-0.05, 0) is 46.2 Å². The van der Waals surface area contributed by atoms with Gasteiger partial charge in [0.1, 0.15) is 5.60 Å². The van der Waals surface area contributed by atoms with Crippen LogP contribution in [0.25, 0.3) is 0 Å². The van der Waals surface area contributed by atoms with Gasteiger partial charge >= 0.3 is 0 Å². The van der Waals surface area contributed by atoms with Gasteiger partial charge in [-0.25, -0.2) is 9.78 Å². The van der Waals surface area contributed by atoms with Gasteiger partial charge in [0, 0.05) is 11.1 Å². The van der Waals surface area contributed by atoms with E-state index >= 15 is 0 Å². The summed E-state index contributed by atoms with van der Waals surface area (Å²) in [6, 6.07) is 16.7. The molecule has 0 spiro atoms. The Balaban J connectivity index is 2.24. The lowest BCUT2D eigenvalue weighted by Gasteiger charge is -2.29. The van der Waals surface area contributed by atoms with E-state index in [4.69, 9.17) is 9.78 Å². The van der Waals surface area contributed by atoms with Gasteiger partial charge in [0.05, 0.1) is 5.60 Å². The van der Waals surface area contributed by atoms with Crippen LogP contribution in [0.5, 0.6) is 0 Å². The first-order valence-electron chi connectivity index (χ1n) is 7.76. The highest BCUT2D eigenvalue weighted by atomic mass is 17.2. The first-order valence-corrected chi connectivity index (χ1v) is 7.76. The number of carbonyl (C=O) groups is 1. The first kappa shape index (κ1) is 17.4. The third-order valence-corrected chi connectivity index (χ3v) is 3.36. The van der Waals surface area contributed by atoms with Crippen molar-refractivity contribution in [3.05, 3.63) is 71.3 Å². The quantitative estimate of drug-likeness (QED) is 0.447. The molecule has 0 N–H and O–H groups in total. The highest BCUT2D eigenvalue weighted by molar-refractivity contribution is 6.09. The van der Waals surface area contributed by atoms with E-state index in [-0.39, 0.29) is 5.78 Å². The van der Waals surface area contributed by atoms with Crippen LogP contribution in [0, 0.1) is 0 Å². The number of hydrogen-bond acceptors (Lipinski definition) is 3. The molecule has 0 aliphatic carbocycles. The van der Waals surface area contributed by atoms with Crippen LogP contribution in [-0.4, -0.2) is 11.4 Å². The number of carbonyl (C=O) groups excluding carboxylic acids is 1. The van der Waals surface area contributed by atoms with Gasteiger partial charge < -0.3 is 0 Å². The van der Waals surface area contributed by atoms with Crippen molar-refractivity contribution in [3.8, 4) is 0 Å². The second-order valence-electron chi connectivity index (χ2n) is 7.07. The van der Waals surface area contributed by atoms with E-state index < -0.39 is 11.2 Å². The monoisotopic (exact) mass is 312 g/mol. The highest BCUT2D eigenvalue weighted by Gasteiger charge is 2.26. The molecule has 0 atom stereocenters. The molecule has 0 aliphatic heterocycles. The molecule has 0 heterocycles. The Hall–Kier alpha value is -1.97. The standard InChI is InChI=1S/C20H24O3/c1-19(2,3)22-23-20(4,5)17-13-9-12-16(14-17)18(21)15-10-7-6-8-11-15/h6-14H,1-5H3. The summed E-state index contributed by atoms with van der Waals surface area (Å²) in [5.41, 5.74) is 1.16. The van der Waals surface area contributed by atoms with Crippen LogP contribution < -0.4 is 0 Å². The predicted molar refractivity (Wildman–Crippen MR) is 91.3 cm³/mol. The Morgan fingerprint density at radius 3 is 2.00 bits per heavy atom. The Labute approximate surface area is 138 Å². The van der Waals surface area contributed by atoms with Crippen molar-refractivity contribution >= 4 is 5.78 Å². The normalized spacial score (nSPS) is 12.2. The van der Waals surface area contributed by atoms with E-state index in [2.05, 4.69) is 0 Å². The van der Waals surface area contributed by atoms with E-state index in [0.29, 0.717) is 11.1 Å². The zero-order valence-electron chi connectivity index (χ0n) is 14.4. The van der Waals surface area contributed by atoms with Gasteiger partial charge in [0.25, 0.3) is 0 Å². The predicted octanol–water partition coefficient (Wildman–Crippen LogP) is 4.90. The van der Waals surface area contributed by atoms with Gasteiger partial charge in [-0.3, -0.25) is 4.79 Å². The second kappa shape index (κ2) is 6.65. The third-order valence-electron chi connectivity index (χ3n) is 3.36. The molecule has 2 aromatic rings. The van der Waals surface area contributed by atoms with Crippen LogP contribution in [0.2, 0.25) is 0 Å². The van der Waals surface area contributed by atoms with E-state index in [9.17, 15) is 4.79 Å². The summed E-state index contributed by atoms with van der Waals surface area (Å²) in [7, 11) is 0. The molecule has 3 heteroatoms. The van der Waals surface area contributed by atoms with E-state index in [1.807, 2.05) is 89.2 Å². The SMILES string of the molecule is CC(C)(C)OOC(C)(C)c1cccc(C(=O)c2ccccc2)c1. The summed E-state index contributed by atoms with van der Waals surface area (Å²) in [5, 5.41) is 0. The van der Waals surface area contributed by atoms with Crippen LogP contribution in [0.15, 0.2) is 54.6 Å². The largest absolute Gasteiger partial charge is 0.289 e. The molecule has 0 aliphatic rings. The summed E-state index contributed by atoms with van der Waals surface area (Å²) < 4.78 is 0. The van der Waals surface area contributed by atoms with Crippen molar-refractivity contribution in [2.75, 3.05) is 0 Å². The fourth-order valence-electron chi connectivity index (χ4n) is 2.07. The molecular formula is C20H24O3. The molecule has 2 aromatic carbocycles. The van der Waals surface area contributed by atoms with Gasteiger partial charge in [-0.1, -0.05) is 48.5 Å². The van der Waals surface area contributed by atoms with Crippen LogP contribution in [0.1, 0.15) is 56.1 Å². The Morgan fingerprint density at radius 1 is 0.783 bits per heavy atom. The number of rotatable bonds is 5. The molecule has 3 nitrogen and oxygen atoms in total. The molecule has 0 saturated carbocycles. The van der Waals surface area contributed by atoms with E-state index in [0.717, 1.165) is 5.56 Å². The minimum atomic E-state index is -0.653. The van der Waals surface area contributed by atoms with Gasteiger partial charge in [0.15, 0.2) is 5.78 Å². The third kappa shape index (κ3) is 4.75. The summed E-state index contributed by atoms with van der Waals surface area (Å²) in [4.78, 5) is 23.6. The second-order valence-corrected chi connectivity index (χ2v) is 7.07. The average Bonchev–Trinajstić information content (AvgIpc) is 2.53. The lowest BCUT2D eigenvalue weighted by atomic mass is 9.94. The van der Waals surface area contributed by atoms with Gasteiger partial charge in [-0.15, -0.1) is 0 Å². The lowest BCUT2D eigenvalue weighted by Crippen LogP contribution is -2.29. The highest BCUT2D eigenvalue weighted by Crippen LogP contribution is 2.28. The summed E-state index contributed by atoms with van der Waals surface area (Å²) in [6.45, 7) is 9.63. The van der Waals surface area contributed by atoms with Crippen molar-refractivity contribution in [2.24, 2.45) is 0 Å². The Kier molecular flexibility index (Phi) is 5.03. The molecule has 0 unspecified atom stereocenters. The van der Waals surface area contributed by atoms with Crippen LogP contribution in [0.3, 0.4) is 0 Å². The van der Waals surface area contributed by atoms with Crippen molar-refractivity contribution in [2.45, 2.75) is 45.8 Å². The zero-order chi connectivity index (χ0) is 17.1. The average molecular weight is 312 g/mol. The van der Waals surface area contributed by atoms with Crippen LogP contribution in [-0.2, 0) is 15.4 Å². The molecule has 0 aromatic heterocycles. The Morgan fingerprint density at radius 2 is 1.39 bits per heavy atom. The van der Waals surface area contributed by atoms with E-state index in [1.165, 1.54) is 0 Å². The molecule has 0 radical (unpaired) electrons. The minimum Gasteiger partial charge on any atom is -0.289 e. The maximum absolute atomic E-state index is 12.6. The summed E-state index contributed by atoms with van der Waals surface area (Å²) >= 11 is 0. The van der Waals surface area contributed by atoms with Crippen molar-refractivity contribution < 1.29 is 14.6 Å². The Bertz CT molecular complexity index is 667. The van der Waals surface area contributed by atoms with Gasteiger partial charge in [-0.2, -0.15) is 0 Å². The molecular weight excluding hydrogens is 288 g/mol. The summed E-state index contributed by atoms with van der Waals surface area (Å²) in [5.74, 6) is -0.00000949. The molecule has 0 amide bonds. The van der Waals surface area contributed by atoms with Crippen LogP contribution in [0.4, 0.5) is 0 Å². The molecule has 23 heavy (non-hydrogen) atoms. The van der Waals surface area contributed by atoms with Crippen molar-refractivity contribution in [1.82, 2.24) is 0 Å². The van der Waals surface area contributed by atoms with Gasteiger partial charge in [0.2, 0.25) is 0 Å².